The van der Waals surface area contributed by atoms with Crippen LogP contribution in [0.25, 0.3) is 0 Å². The van der Waals surface area contributed by atoms with Gasteiger partial charge in [-0.2, -0.15) is 0 Å². The molecule has 1 N–H and O–H groups in total. The standard InChI is InChI=1S/C17H20IN/c1-11-7-12(2)16(13(3)8-11)10-19-17-6-5-15(18)9-14(17)4/h5-9,19H,10H2,1-4H3. The van der Waals surface area contributed by atoms with Crippen LogP contribution in [0, 0.1) is 31.3 Å². The van der Waals surface area contributed by atoms with Crippen molar-refractivity contribution in [2.75, 3.05) is 5.32 Å². The van der Waals surface area contributed by atoms with E-state index in [4.69, 9.17) is 0 Å². The summed E-state index contributed by atoms with van der Waals surface area (Å²) < 4.78 is 1.28. The maximum Gasteiger partial charge on any atom is 0.0406 e. The van der Waals surface area contributed by atoms with Gasteiger partial charge < -0.3 is 5.32 Å². The largest absolute Gasteiger partial charge is 0.381 e. The van der Waals surface area contributed by atoms with E-state index in [0.29, 0.717) is 0 Å². The van der Waals surface area contributed by atoms with Crippen molar-refractivity contribution in [2.45, 2.75) is 34.2 Å². The molecule has 0 aliphatic carbocycles. The number of rotatable bonds is 3. The Bertz CT molecular complexity index is 579. The van der Waals surface area contributed by atoms with E-state index in [1.165, 1.54) is 37.1 Å². The summed E-state index contributed by atoms with van der Waals surface area (Å²) in [5.74, 6) is 0. The molecule has 0 saturated carbocycles. The summed E-state index contributed by atoms with van der Waals surface area (Å²) in [6.07, 6.45) is 0. The molecular weight excluding hydrogens is 345 g/mol. The molecule has 0 saturated heterocycles. The first kappa shape index (κ1) is 14.4. The van der Waals surface area contributed by atoms with Crippen LogP contribution < -0.4 is 5.32 Å². The Hall–Kier alpha value is -1.03. The third-order valence-corrected chi connectivity index (χ3v) is 4.16. The number of hydrogen-bond donors (Lipinski definition) is 1. The normalized spacial score (nSPS) is 10.6. The average molecular weight is 365 g/mol. The average Bonchev–Trinajstić information content (AvgIpc) is 2.30. The summed E-state index contributed by atoms with van der Waals surface area (Å²) in [5.41, 5.74) is 8.00. The third kappa shape index (κ3) is 3.50. The van der Waals surface area contributed by atoms with Crippen LogP contribution in [-0.4, -0.2) is 0 Å². The third-order valence-electron chi connectivity index (χ3n) is 3.48. The predicted octanol–water partition coefficient (Wildman–Crippen LogP) is 5.14. The summed E-state index contributed by atoms with van der Waals surface area (Å²) in [7, 11) is 0. The van der Waals surface area contributed by atoms with Gasteiger partial charge in [-0.3, -0.25) is 0 Å². The fraction of sp³-hybridized carbons (Fsp3) is 0.294. The lowest BCUT2D eigenvalue weighted by atomic mass is 9.99. The van der Waals surface area contributed by atoms with Crippen molar-refractivity contribution in [3.63, 3.8) is 0 Å². The highest BCUT2D eigenvalue weighted by molar-refractivity contribution is 14.1. The molecule has 2 aromatic carbocycles. The summed E-state index contributed by atoms with van der Waals surface area (Å²) >= 11 is 2.35. The SMILES string of the molecule is Cc1cc(C)c(CNc2ccc(I)cc2C)c(C)c1. The lowest BCUT2D eigenvalue weighted by Gasteiger charge is -2.14. The van der Waals surface area contributed by atoms with E-state index in [9.17, 15) is 0 Å². The highest BCUT2D eigenvalue weighted by atomic mass is 127. The number of halogens is 1. The van der Waals surface area contributed by atoms with Crippen LogP contribution in [0.4, 0.5) is 5.69 Å². The number of benzene rings is 2. The molecule has 0 spiro atoms. The highest BCUT2D eigenvalue weighted by Crippen LogP contribution is 2.21. The predicted molar refractivity (Wildman–Crippen MR) is 91.9 cm³/mol. The lowest BCUT2D eigenvalue weighted by molar-refractivity contribution is 1.08. The van der Waals surface area contributed by atoms with Crippen LogP contribution in [0.1, 0.15) is 27.8 Å². The molecule has 0 aliphatic rings. The zero-order valence-electron chi connectivity index (χ0n) is 12.0. The van der Waals surface area contributed by atoms with E-state index in [0.717, 1.165) is 6.54 Å². The van der Waals surface area contributed by atoms with E-state index < -0.39 is 0 Å². The van der Waals surface area contributed by atoms with Crippen molar-refractivity contribution in [3.05, 3.63) is 61.7 Å². The maximum absolute atomic E-state index is 3.55. The van der Waals surface area contributed by atoms with Crippen LogP contribution in [0.3, 0.4) is 0 Å². The van der Waals surface area contributed by atoms with Gasteiger partial charge >= 0.3 is 0 Å². The first-order valence-electron chi connectivity index (χ1n) is 6.54. The zero-order chi connectivity index (χ0) is 14.0. The highest BCUT2D eigenvalue weighted by Gasteiger charge is 2.05. The quantitative estimate of drug-likeness (QED) is 0.743. The summed E-state index contributed by atoms with van der Waals surface area (Å²) in [6.45, 7) is 9.58. The van der Waals surface area contributed by atoms with E-state index in [2.05, 4.69) is 85.9 Å². The van der Waals surface area contributed by atoms with E-state index in [-0.39, 0.29) is 0 Å². The monoisotopic (exact) mass is 365 g/mol. The van der Waals surface area contributed by atoms with E-state index in [1.54, 1.807) is 0 Å². The van der Waals surface area contributed by atoms with Crippen LogP contribution >= 0.6 is 22.6 Å². The second kappa shape index (κ2) is 5.95. The molecule has 2 rings (SSSR count). The molecule has 0 bridgehead atoms. The van der Waals surface area contributed by atoms with Gasteiger partial charge in [0.2, 0.25) is 0 Å². The first-order valence-corrected chi connectivity index (χ1v) is 7.62. The fourth-order valence-electron chi connectivity index (χ4n) is 2.50. The molecule has 0 radical (unpaired) electrons. The lowest BCUT2D eigenvalue weighted by Crippen LogP contribution is -2.05. The number of aryl methyl sites for hydroxylation is 4. The van der Waals surface area contributed by atoms with Gasteiger partial charge in [0.05, 0.1) is 0 Å². The number of hydrogen-bond acceptors (Lipinski definition) is 1. The molecule has 0 fully saturated rings. The van der Waals surface area contributed by atoms with Crippen LogP contribution in [0.15, 0.2) is 30.3 Å². The second-order valence-corrected chi connectivity index (χ2v) is 6.44. The Balaban J connectivity index is 2.19. The second-order valence-electron chi connectivity index (χ2n) is 5.19. The van der Waals surface area contributed by atoms with E-state index in [1.807, 2.05) is 0 Å². The van der Waals surface area contributed by atoms with Crippen LogP contribution in [0.2, 0.25) is 0 Å². The maximum atomic E-state index is 3.55. The summed E-state index contributed by atoms with van der Waals surface area (Å²) in [4.78, 5) is 0. The van der Waals surface area contributed by atoms with Gasteiger partial charge in [0.1, 0.15) is 0 Å². The van der Waals surface area contributed by atoms with Crippen molar-refractivity contribution < 1.29 is 0 Å². The first-order chi connectivity index (χ1) is 8.97. The van der Waals surface area contributed by atoms with Gasteiger partial charge in [-0.05, 0) is 90.7 Å². The molecule has 0 unspecified atom stereocenters. The molecular formula is C17H20IN. The van der Waals surface area contributed by atoms with Gasteiger partial charge in [-0.1, -0.05) is 17.7 Å². The Labute approximate surface area is 129 Å². The number of nitrogens with one attached hydrogen (secondary N) is 1. The summed E-state index contributed by atoms with van der Waals surface area (Å²) in [6, 6.07) is 11.0. The molecule has 2 aromatic rings. The molecule has 0 amide bonds. The zero-order valence-corrected chi connectivity index (χ0v) is 14.1. The molecule has 100 valence electrons. The minimum absolute atomic E-state index is 0.888. The topological polar surface area (TPSA) is 12.0 Å². The van der Waals surface area contributed by atoms with Gasteiger partial charge in [-0.15, -0.1) is 0 Å². The van der Waals surface area contributed by atoms with Crippen LogP contribution in [-0.2, 0) is 6.54 Å². The Morgan fingerprint density at radius 1 is 0.895 bits per heavy atom. The van der Waals surface area contributed by atoms with Crippen LogP contribution in [0.5, 0.6) is 0 Å². The minimum Gasteiger partial charge on any atom is -0.381 e. The molecule has 0 atom stereocenters. The van der Waals surface area contributed by atoms with Crippen molar-refractivity contribution in [2.24, 2.45) is 0 Å². The summed E-state index contributed by atoms with van der Waals surface area (Å²) in [5, 5.41) is 3.55. The Morgan fingerprint density at radius 2 is 1.53 bits per heavy atom. The fourth-order valence-corrected chi connectivity index (χ4v) is 3.14. The molecule has 0 aliphatic heterocycles. The van der Waals surface area contributed by atoms with E-state index >= 15 is 0 Å². The van der Waals surface area contributed by atoms with Gasteiger partial charge in [0.25, 0.3) is 0 Å². The molecule has 19 heavy (non-hydrogen) atoms. The van der Waals surface area contributed by atoms with Gasteiger partial charge in [0, 0.05) is 15.8 Å². The van der Waals surface area contributed by atoms with Crippen molar-refractivity contribution >= 4 is 28.3 Å². The van der Waals surface area contributed by atoms with Gasteiger partial charge in [0.15, 0.2) is 0 Å². The van der Waals surface area contributed by atoms with Gasteiger partial charge in [-0.25, -0.2) is 0 Å². The molecule has 1 nitrogen and oxygen atoms in total. The van der Waals surface area contributed by atoms with Crippen molar-refractivity contribution in [3.8, 4) is 0 Å². The molecule has 0 aromatic heterocycles. The number of anilines is 1. The minimum atomic E-state index is 0.888. The van der Waals surface area contributed by atoms with Crippen molar-refractivity contribution in [1.82, 2.24) is 0 Å². The Morgan fingerprint density at radius 3 is 2.11 bits per heavy atom. The smallest absolute Gasteiger partial charge is 0.0406 e. The molecule has 0 heterocycles. The Kier molecular flexibility index (Phi) is 4.50. The molecule has 2 heteroatoms. The van der Waals surface area contributed by atoms with Crippen molar-refractivity contribution in [1.29, 1.82) is 0 Å².